The SMILES string of the molecule is O=C1C[C@@H](C(=O)N2CCC[C@@H]2c2ccc3c(c2)OCCCO3)CN1Cc1ccccc1. The zero-order valence-corrected chi connectivity index (χ0v) is 17.7. The van der Waals surface area contributed by atoms with Gasteiger partial charge in [0.05, 0.1) is 25.2 Å². The van der Waals surface area contributed by atoms with Crippen LogP contribution in [0.2, 0.25) is 0 Å². The predicted octanol–water partition coefficient (Wildman–Crippen LogP) is 3.56. The maximum atomic E-state index is 13.4. The van der Waals surface area contributed by atoms with E-state index in [9.17, 15) is 9.59 Å². The number of fused-ring (bicyclic) bond motifs is 1. The first-order valence-corrected chi connectivity index (χ1v) is 11.2. The van der Waals surface area contributed by atoms with E-state index in [-0.39, 0.29) is 23.8 Å². The largest absolute Gasteiger partial charge is 0.490 e. The first-order valence-electron chi connectivity index (χ1n) is 11.2. The molecule has 162 valence electrons. The van der Waals surface area contributed by atoms with Crippen LogP contribution in [-0.2, 0) is 16.1 Å². The van der Waals surface area contributed by atoms with Crippen molar-refractivity contribution in [2.45, 2.75) is 38.3 Å². The normalized spacial score (nSPS) is 23.2. The van der Waals surface area contributed by atoms with Gasteiger partial charge in [-0.3, -0.25) is 9.59 Å². The van der Waals surface area contributed by atoms with Gasteiger partial charge in [-0.25, -0.2) is 0 Å². The van der Waals surface area contributed by atoms with E-state index < -0.39 is 0 Å². The van der Waals surface area contributed by atoms with Gasteiger partial charge >= 0.3 is 0 Å². The fourth-order valence-electron chi connectivity index (χ4n) is 4.89. The molecule has 2 amide bonds. The third-order valence-corrected chi connectivity index (χ3v) is 6.47. The summed E-state index contributed by atoms with van der Waals surface area (Å²) in [6.45, 7) is 3.11. The van der Waals surface area contributed by atoms with Crippen molar-refractivity contribution in [3.63, 3.8) is 0 Å². The van der Waals surface area contributed by atoms with Crippen LogP contribution in [0.3, 0.4) is 0 Å². The number of carbonyl (C=O) groups is 2. The van der Waals surface area contributed by atoms with E-state index in [1.165, 1.54) is 0 Å². The molecule has 2 atom stereocenters. The Hall–Kier alpha value is -3.02. The molecular formula is C25H28N2O4. The molecule has 2 aromatic rings. The van der Waals surface area contributed by atoms with Crippen LogP contribution in [0.25, 0.3) is 0 Å². The Bertz CT molecular complexity index is 961. The van der Waals surface area contributed by atoms with Crippen LogP contribution in [0.1, 0.15) is 42.9 Å². The van der Waals surface area contributed by atoms with Gasteiger partial charge in [0.25, 0.3) is 0 Å². The second-order valence-corrected chi connectivity index (χ2v) is 8.61. The van der Waals surface area contributed by atoms with Gasteiger partial charge in [-0.2, -0.15) is 0 Å². The van der Waals surface area contributed by atoms with Crippen molar-refractivity contribution in [2.24, 2.45) is 5.92 Å². The van der Waals surface area contributed by atoms with Crippen LogP contribution >= 0.6 is 0 Å². The van der Waals surface area contributed by atoms with Crippen molar-refractivity contribution in [2.75, 3.05) is 26.3 Å². The fourth-order valence-corrected chi connectivity index (χ4v) is 4.89. The predicted molar refractivity (Wildman–Crippen MR) is 116 cm³/mol. The molecule has 0 spiro atoms. The van der Waals surface area contributed by atoms with Gasteiger partial charge in [0.2, 0.25) is 11.8 Å². The number of amides is 2. The van der Waals surface area contributed by atoms with Crippen molar-refractivity contribution in [3.05, 3.63) is 59.7 Å². The highest BCUT2D eigenvalue weighted by Gasteiger charge is 2.40. The molecule has 3 aliphatic rings. The number of carbonyl (C=O) groups excluding carboxylic acids is 2. The minimum atomic E-state index is -0.266. The molecule has 0 N–H and O–H groups in total. The summed E-state index contributed by atoms with van der Waals surface area (Å²) in [4.78, 5) is 29.8. The third kappa shape index (κ3) is 4.11. The van der Waals surface area contributed by atoms with Gasteiger partial charge < -0.3 is 19.3 Å². The van der Waals surface area contributed by atoms with Crippen molar-refractivity contribution in [1.29, 1.82) is 0 Å². The average Bonchev–Trinajstić information content (AvgIpc) is 3.34. The zero-order chi connectivity index (χ0) is 21.2. The average molecular weight is 421 g/mol. The first-order chi connectivity index (χ1) is 15.2. The summed E-state index contributed by atoms with van der Waals surface area (Å²) >= 11 is 0. The highest BCUT2D eigenvalue weighted by Crippen LogP contribution is 2.39. The van der Waals surface area contributed by atoms with E-state index in [0.717, 1.165) is 48.4 Å². The standard InChI is InChI=1S/C25H28N2O4/c28-24-15-20(17-26(24)16-18-6-2-1-3-7-18)25(29)27-11-4-8-21(27)19-9-10-22-23(14-19)31-13-5-12-30-22/h1-3,6-7,9-10,14,20-21H,4-5,8,11-13,15-17H2/t20-,21-/m1/s1. The molecule has 0 aromatic heterocycles. The lowest BCUT2D eigenvalue weighted by atomic mass is 10.0. The van der Waals surface area contributed by atoms with E-state index in [1.54, 1.807) is 0 Å². The van der Waals surface area contributed by atoms with Crippen molar-refractivity contribution in [1.82, 2.24) is 9.80 Å². The summed E-state index contributed by atoms with van der Waals surface area (Å²) in [5, 5.41) is 0. The van der Waals surface area contributed by atoms with E-state index in [2.05, 4.69) is 0 Å². The van der Waals surface area contributed by atoms with Gasteiger partial charge in [-0.1, -0.05) is 36.4 Å². The van der Waals surface area contributed by atoms with Crippen molar-refractivity contribution < 1.29 is 19.1 Å². The molecule has 0 aliphatic carbocycles. The minimum absolute atomic E-state index is 0.0305. The van der Waals surface area contributed by atoms with E-state index in [4.69, 9.17) is 9.47 Å². The fraction of sp³-hybridized carbons (Fsp3) is 0.440. The minimum Gasteiger partial charge on any atom is -0.490 e. The Morgan fingerprint density at radius 2 is 1.81 bits per heavy atom. The zero-order valence-electron chi connectivity index (χ0n) is 17.7. The summed E-state index contributed by atoms with van der Waals surface area (Å²) in [5.41, 5.74) is 2.18. The first kappa shape index (κ1) is 19.9. The van der Waals surface area contributed by atoms with Crippen LogP contribution in [0.15, 0.2) is 48.5 Å². The summed E-state index contributed by atoms with van der Waals surface area (Å²) in [5.74, 6) is 1.43. The van der Waals surface area contributed by atoms with E-state index in [1.807, 2.05) is 58.3 Å². The van der Waals surface area contributed by atoms with Gasteiger partial charge in [-0.15, -0.1) is 0 Å². The number of likely N-dealkylation sites (tertiary alicyclic amines) is 2. The Labute approximate surface area is 182 Å². The molecule has 0 unspecified atom stereocenters. The number of hydrogen-bond donors (Lipinski definition) is 0. The number of hydrogen-bond acceptors (Lipinski definition) is 4. The van der Waals surface area contributed by atoms with Crippen molar-refractivity contribution >= 4 is 11.8 Å². The second kappa shape index (κ2) is 8.61. The van der Waals surface area contributed by atoms with Crippen LogP contribution in [-0.4, -0.2) is 47.9 Å². The van der Waals surface area contributed by atoms with Gasteiger partial charge in [0.15, 0.2) is 11.5 Å². The van der Waals surface area contributed by atoms with Crippen LogP contribution < -0.4 is 9.47 Å². The second-order valence-electron chi connectivity index (χ2n) is 8.61. The molecule has 0 bridgehead atoms. The van der Waals surface area contributed by atoms with Crippen LogP contribution in [0, 0.1) is 5.92 Å². The third-order valence-electron chi connectivity index (χ3n) is 6.47. The molecule has 6 nitrogen and oxygen atoms in total. The van der Waals surface area contributed by atoms with Gasteiger partial charge in [0, 0.05) is 32.5 Å². The van der Waals surface area contributed by atoms with E-state index in [0.29, 0.717) is 32.7 Å². The van der Waals surface area contributed by atoms with E-state index >= 15 is 0 Å². The molecule has 3 aliphatic heterocycles. The monoisotopic (exact) mass is 420 g/mol. The Kier molecular flexibility index (Phi) is 5.53. The number of benzene rings is 2. The molecular weight excluding hydrogens is 392 g/mol. The Balaban J connectivity index is 1.29. The molecule has 6 heteroatoms. The maximum absolute atomic E-state index is 13.4. The topological polar surface area (TPSA) is 59.1 Å². The molecule has 2 fully saturated rings. The van der Waals surface area contributed by atoms with Gasteiger partial charge in [-0.05, 0) is 36.1 Å². The molecule has 0 radical (unpaired) electrons. The summed E-state index contributed by atoms with van der Waals surface area (Å²) < 4.78 is 11.6. The maximum Gasteiger partial charge on any atom is 0.228 e. The molecule has 0 saturated carbocycles. The van der Waals surface area contributed by atoms with Crippen LogP contribution in [0.4, 0.5) is 0 Å². The highest BCUT2D eigenvalue weighted by atomic mass is 16.5. The molecule has 3 heterocycles. The Morgan fingerprint density at radius 1 is 1.00 bits per heavy atom. The molecule has 2 aromatic carbocycles. The molecule has 31 heavy (non-hydrogen) atoms. The number of ether oxygens (including phenoxy) is 2. The number of rotatable bonds is 4. The number of nitrogens with zero attached hydrogens (tertiary/aromatic N) is 2. The van der Waals surface area contributed by atoms with Crippen molar-refractivity contribution in [3.8, 4) is 11.5 Å². The highest BCUT2D eigenvalue weighted by molar-refractivity contribution is 5.89. The smallest absolute Gasteiger partial charge is 0.228 e. The quantitative estimate of drug-likeness (QED) is 0.759. The summed E-state index contributed by atoms with van der Waals surface area (Å²) in [6.07, 6.45) is 3.07. The lowest BCUT2D eigenvalue weighted by Gasteiger charge is -2.28. The summed E-state index contributed by atoms with van der Waals surface area (Å²) in [7, 11) is 0. The Morgan fingerprint density at radius 3 is 2.65 bits per heavy atom. The molecule has 5 rings (SSSR count). The molecule has 2 saturated heterocycles. The van der Waals surface area contributed by atoms with Crippen LogP contribution in [0.5, 0.6) is 11.5 Å². The summed E-state index contributed by atoms with van der Waals surface area (Å²) in [6, 6.07) is 16.0. The lowest BCUT2D eigenvalue weighted by molar-refractivity contribution is -0.136. The van der Waals surface area contributed by atoms with Gasteiger partial charge in [0.1, 0.15) is 0 Å². The lowest BCUT2D eigenvalue weighted by Crippen LogP contribution is -2.37.